The van der Waals surface area contributed by atoms with Crippen LogP contribution in [0.2, 0.25) is 0 Å². The number of carbonyl (C=O) groups excluding carboxylic acids is 1. The molecule has 5 heteroatoms. The molecule has 0 unspecified atom stereocenters. The molecule has 3 aromatic rings. The van der Waals surface area contributed by atoms with Crippen LogP contribution in [0.15, 0.2) is 54.7 Å². The number of rotatable bonds is 3. The number of carbonyl (C=O) groups is 2. The molecule has 104 valence electrons. The van der Waals surface area contributed by atoms with Crippen LogP contribution in [0.1, 0.15) is 20.7 Å². The molecule has 3 rings (SSSR count). The third-order valence-electron chi connectivity index (χ3n) is 3.21. The second-order valence-electron chi connectivity index (χ2n) is 4.58. The van der Waals surface area contributed by atoms with Gasteiger partial charge in [-0.1, -0.05) is 12.1 Å². The second kappa shape index (κ2) is 5.13. The molecule has 0 saturated heterocycles. The number of aromatic nitrogens is 1. The van der Waals surface area contributed by atoms with E-state index in [2.05, 4.69) is 10.3 Å². The molecule has 2 aromatic carbocycles. The van der Waals surface area contributed by atoms with E-state index in [4.69, 9.17) is 5.11 Å². The largest absolute Gasteiger partial charge is 0.478 e. The zero-order valence-corrected chi connectivity index (χ0v) is 11.0. The van der Waals surface area contributed by atoms with Gasteiger partial charge in [0, 0.05) is 22.8 Å². The normalized spacial score (nSPS) is 10.5. The van der Waals surface area contributed by atoms with Gasteiger partial charge in [0.1, 0.15) is 0 Å². The minimum absolute atomic E-state index is 0.0160. The molecule has 3 N–H and O–H groups in total. The number of fused-ring (bicyclic) bond motifs is 1. The summed E-state index contributed by atoms with van der Waals surface area (Å²) in [5.74, 6) is -1.57. The number of H-pyrrole nitrogens is 1. The maximum Gasteiger partial charge on any atom is 0.336 e. The number of aromatic amines is 1. The number of carboxylic acids is 1. The summed E-state index contributed by atoms with van der Waals surface area (Å²) >= 11 is 0. The second-order valence-corrected chi connectivity index (χ2v) is 4.58. The standard InChI is InChI=1S/C16H12N2O3/c19-15(12-3-1-2-4-13(12)16(20)21)18-11-5-6-14-10(9-11)7-8-17-14/h1-9,17H,(H,18,19)(H,20,21). The Morgan fingerprint density at radius 1 is 1.00 bits per heavy atom. The van der Waals surface area contributed by atoms with Gasteiger partial charge in [-0.3, -0.25) is 4.79 Å². The Kier molecular flexibility index (Phi) is 3.16. The molecule has 1 heterocycles. The lowest BCUT2D eigenvalue weighted by Gasteiger charge is -2.07. The van der Waals surface area contributed by atoms with Crippen molar-refractivity contribution in [2.45, 2.75) is 0 Å². The van der Waals surface area contributed by atoms with E-state index in [-0.39, 0.29) is 11.1 Å². The third-order valence-corrected chi connectivity index (χ3v) is 3.21. The summed E-state index contributed by atoms with van der Waals surface area (Å²) < 4.78 is 0. The Hall–Kier alpha value is -3.08. The van der Waals surface area contributed by atoms with Gasteiger partial charge < -0.3 is 15.4 Å². The van der Waals surface area contributed by atoms with Gasteiger partial charge in [0.15, 0.2) is 0 Å². The minimum Gasteiger partial charge on any atom is -0.478 e. The van der Waals surface area contributed by atoms with Crippen molar-refractivity contribution >= 4 is 28.5 Å². The smallest absolute Gasteiger partial charge is 0.336 e. The van der Waals surface area contributed by atoms with E-state index in [0.717, 1.165) is 10.9 Å². The van der Waals surface area contributed by atoms with Crippen LogP contribution < -0.4 is 5.32 Å². The highest BCUT2D eigenvalue weighted by molar-refractivity contribution is 6.11. The number of benzene rings is 2. The Balaban J connectivity index is 1.91. The van der Waals surface area contributed by atoms with Crippen molar-refractivity contribution in [2.75, 3.05) is 5.32 Å². The van der Waals surface area contributed by atoms with Crippen LogP contribution in [0, 0.1) is 0 Å². The highest BCUT2D eigenvalue weighted by atomic mass is 16.4. The number of anilines is 1. The van der Waals surface area contributed by atoms with Crippen LogP contribution >= 0.6 is 0 Å². The van der Waals surface area contributed by atoms with Crippen molar-refractivity contribution in [3.8, 4) is 0 Å². The summed E-state index contributed by atoms with van der Waals surface area (Å²) in [6, 6.07) is 13.5. The van der Waals surface area contributed by atoms with Crippen LogP contribution in [0.4, 0.5) is 5.69 Å². The monoisotopic (exact) mass is 280 g/mol. The first-order valence-electron chi connectivity index (χ1n) is 6.36. The van der Waals surface area contributed by atoms with Crippen LogP contribution in [-0.2, 0) is 0 Å². The number of hydrogen-bond donors (Lipinski definition) is 3. The maximum absolute atomic E-state index is 12.2. The van der Waals surface area contributed by atoms with Crippen molar-refractivity contribution in [2.24, 2.45) is 0 Å². The number of hydrogen-bond acceptors (Lipinski definition) is 2. The first kappa shape index (κ1) is 12.9. The highest BCUT2D eigenvalue weighted by Gasteiger charge is 2.15. The van der Waals surface area contributed by atoms with Gasteiger partial charge in [-0.05, 0) is 36.4 Å². The SMILES string of the molecule is O=C(O)c1ccccc1C(=O)Nc1ccc2[nH]ccc2c1. The van der Waals surface area contributed by atoms with E-state index in [0.29, 0.717) is 5.69 Å². The Morgan fingerprint density at radius 3 is 2.52 bits per heavy atom. The van der Waals surface area contributed by atoms with Crippen LogP contribution in [0.25, 0.3) is 10.9 Å². The van der Waals surface area contributed by atoms with Crippen LogP contribution in [0.3, 0.4) is 0 Å². The summed E-state index contributed by atoms with van der Waals surface area (Å²) in [5.41, 5.74) is 1.71. The zero-order chi connectivity index (χ0) is 14.8. The Labute approximate surface area is 120 Å². The summed E-state index contributed by atoms with van der Waals surface area (Å²) in [4.78, 5) is 26.4. The fourth-order valence-electron chi connectivity index (χ4n) is 2.20. The fourth-order valence-corrected chi connectivity index (χ4v) is 2.20. The number of nitrogens with one attached hydrogen (secondary N) is 2. The van der Waals surface area contributed by atoms with Gasteiger partial charge in [-0.25, -0.2) is 4.79 Å². The molecular weight excluding hydrogens is 268 g/mol. The number of amides is 1. The average Bonchev–Trinajstić information content (AvgIpc) is 2.94. The molecule has 0 spiro atoms. The topological polar surface area (TPSA) is 82.2 Å². The maximum atomic E-state index is 12.2. The first-order chi connectivity index (χ1) is 10.1. The van der Waals surface area contributed by atoms with Crippen LogP contribution in [-0.4, -0.2) is 22.0 Å². The summed E-state index contributed by atoms with van der Waals surface area (Å²) in [5, 5.41) is 12.8. The van der Waals surface area contributed by atoms with Crippen molar-refractivity contribution in [1.82, 2.24) is 4.98 Å². The fraction of sp³-hybridized carbons (Fsp3) is 0. The van der Waals surface area contributed by atoms with E-state index in [9.17, 15) is 9.59 Å². The van der Waals surface area contributed by atoms with Gasteiger partial charge in [0.25, 0.3) is 5.91 Å². The number of aromatic carboxylic acids is 1. The van der Waals surface area contributed by atoms with Gasteiger partial charge in [-0.2, -0.15) is 0 Å². The molecule has 5 nitrogen and oxygen atoms in total. The minimum atomic E-state index is -1.12. The molecule has 1 aromatic heterocycles. The van der Waals surface area contributed by atoms with Crippen molar-refractivity contribution in [3.63, 3.8) is 0 Å². The summed E-state index contributed by atoms with van der Waals surface area (Å²) in [6.07, 6.45) is 1.82. The average molecular weight is 280 g/mol. The van der Waals surface area contributed by atoms with E-state index in [1.54, 1.807) is 18.2 Å². The molecule has 0 atom stereocenters. The zero-order valence-electron chi connectivity index (χ0n) is 11.0. The lowest BCUT2D eigenvalue weighted by molar-refractivity contribution is 0.0692. The predicted molar refractivity (Wildman–Crippen MR) is 79.7 cm³/mol. The first-order valence-corrected chi connectivity index (χ1v) is 6.36. The van der Waals surface area contributed by atoms with Crippen molar-refractivity contribution in [1.29, 1.82) is 0 Å². The summed E-state index contributed by atoms with van der Waals surface area (Å²) in [7, 11) is 0. The van der Waals surface area contributed by atoms with Gasteiger partial charge in [0.2, 0.25) is 0 Å². The van der Waals surface area contributed by atoms with Gasteiger partial charge in [-0.15, -0.1) is 0 Å². The molecule has 0 aliphatic carbocycles. The van der Waals surface area contributed by atoms with E-state index >= 15 is 0 Å². The molecule has 0 aliphatic rings. The Bertz CT molecular complexity index is 836. The summed E-state index contributed by atoms with van der Waals surface area (Å²) in [6.45, 7) is 0. The molecule has 0 aliphatic heterocycles. The van der Waals surface area contributed by atoms with Gasteiger partial charge >= 0.3 is 5.97 Å². The van der Waals surface area contributed by atoms with E-state index in [1.165, 1.54) is 12.1 Å². The van der Waals surface area contributed by atoms with Crippen LogP contribution in [0.5, 0.6) is 0 Å². The number of carboxylic acid groups (broad SMARTS) is 1. The molecule has 0 radical (unpaired) electrons. The molecule has 1 amide bonds. The Morgan fingerprint density at radius 2 is 1.76 bits per heavy atom. The van der Waals surface area contributed by atoms with Crippen molar-refractivity contribution in [3.05, 3.63) is 65.9 Å². The molecule has 0 fully saturated rings. The quantitative estimate of drug-likeness (QED) is 0.689. The van der Waals surface area contributed by atoms with E-state index < -0.39 is 11.9 Å². The molecular formula is C16H12N2O3. The predicted octanol–water partition coefficient (Wildman–Crippen LogP) is 3.12. The third kappa shape index (κ3) is 2.49. The van der Waals surface area contributed by atoms with Gasteiger partial charge in [0.05, 0.1) is 11.1 Å². The van der Waals surface area contributed by atoms with Crippen molar-refractivity contribution < 1.29 is 14.7 Å². The highest BCUT2D eigenvalue weighted by Crippen LogP contribution is 2.19. The van der Waals surface area contributed by atoms with E-state index in [1.807, 2.05) is 24.4 Å². The molecule has 21 heavy (non-hydrogen) atoms. The lowest BCUT2D eigenvalue weighted by atomic mass is 10.1. The molecule has 0 saturated carbocycles. The lowest BCUT2D eigenvalue weighted by Crippen LogP contribution is -2.16. The molecule has 0 bridgehead atoms.